The molecule has 0 radical (unpaired) electrons. The SMILES string of the molecule is Cn1ccnc1C(N)C1COCCO1. The fourth-order valence-corrected chi connectivity index (χ4v) is 1.58. The Morgan fingerprint density at radius 1 is 1.64 bits per heavy atom. The van der Waals surface area contributed by atoms with E-state index in [-0.39, 0.29) is 12.1 Å². The van der Waals surface area contributed by atoms with Gasteiger partial charge in [0.15, 0.2) is 0 Å². The molecule has 0 aliphatic carbocycles. The van der Waals surface area contributed by atoms with Crippen LogP contribution in [0.1, 0.15) is 11.9 Å². The van der Waals surface area contributed by atoms with Crippen molar-refractivity contribution in [3.8, 4) is 0 Å². The minimum absolute atomic E-state index is 0.0788. The molecule has 1 aromatic rings. The lowest BCUT2D eigenvalue weighted by atomic mass is 10.1. The highest BCUT2D eigenvalue weighted by molar-refractivity contribution is 5.00. The third kappa shape index (κ3) is 1.79. The molecule has 2 rings (SSSR count). The number of aromatic nitrogens is 2. The van der Waals surface area contributed by atoms with Crippen LogP contribution in [0.15, 0.2) is 12.4 Å². The maximum Gasteiger partial charge on any atom is 0.128 e. The number of hydrogen-bond donors (Lipinski definition) is 1. The minimum Gasteiger partial charge on any atom is -0.376 e. The van der Waals surface area contributed by atoms with Crippen molar-refractivity contribution in [3.63, 3.8) is 0 Å². The van der Waals surface area contributed by atoms with Gasteiger partial charge in [-0.05, 0) is 0 Å². The standard InChI is InChI=1S/C9H15N3O2/c1-12-3-2-11-9(12)8(10)7-6-13-4-5-14-7/h2-3,7-8H,4-6,10H2,1H3. The zero-order valence-corrected chi connectivity index (χ0v) is 8.22. The van der Waals surface area contributed by atoms with Crippen LogP contribution in [0.3, 0.4) is 0 Å². The average molecular weight is 197 g/mol. The van der Waals surface area contributed by atoms with E-state index in [2.05, 4.69) is 4.98 Å². The van der Waals surface area contributed by atoms with Crippen LogP contribution in [-0.2, 0) is 16.5 Å². The molecule has 2 N–H and O–H groups in total. The van der Waals surface area contributed by atoms with E-state index >= 15 is 0 Å². The number of nitrogens with zero attached hydrogens (tertiary/aromatic N) is 2. The van der Waals surface area contributed by atoms with Crippen molar-refractivity contribution in [2.75, 3.05) is 19.8 Å². The maximum atomic E-state index is 6.03. The van der Waals surface area contributed by atoms with Crippen LogP contribution in [0.4, 0.5) is 0 Å². The fraction of sp³-hybridized carbons (Fsp3) is 0.667. The number of hydrogen-bond acceptors (Lipinski definition) is 4. The highest BCUT2D eigenvalue weighted by Crippen LogP contribution is 2.16. The zero-order valence-electron chi connectivity index (χ0n) is 8.22. The van der Waals surface area contributed by atoms with E-state index < -0.39 is 0 Å². The van der Waals surface area contributed by atoms with Crippen molar-refractivity contribution < 1.29 is 9.47 Å². The van der Waals surface area contributed by atoms with Gasteiger partial charge in [0.1, 0.15) is 11.9 Å². The first-order valence-corrected chi connectivity index (χ1v) is 4.71. The second kappa shape index (κ2) is 4.08. The molecule has 0 bridgehead atoms. The number of ether oxygens (including phenoxy) is 2. The van der Waals surface area contributed by atoms with Gasteiger partial charge < -0.3 is 19.8 Å². The van der Waals surface area contributed by atoms with E-state index in [0.29, 0.717) is 19.8 Å². The Labute approximate surface area is 82.8 Å². The first-order chi connectivity index (χ1) is 6.79. The molecule has 5 heteroatoms. The van der Waals surface area contributed by atoms with E-state index in [4.69, 9.17) is 15.2 Å². The molecule has 1 aliphatic rings. The number of rotatable bonds is 2. The first kappa shape index (κ1) is 9.64. The fourth-order valence-electron chi connectivity index (χ4n) is 1.58. The molecular formula is C9H15N3O2. The molecule has 1 aliphatic heterocycles. The van der Waals surface area contributed by atoms with Gasteiger partial charge in [-0.15, -0.1) is 0 Å². The van der Waals surface area contributed by atoms with Gasteiger partial charge in [-0.3, -0.25) is 0 Å². The quantitative estimate of drug-likeness (QED) is 0.715. The molecular weight excluding hydrogens is 182 g/mol. The van der Waals surface area contributed by atoms with Gasteiger partial charge in [0, 0.05) is 19.4 Å². The zero-order chi connectivity index (χ0) is 9.97. The normalized spacial score (nSPS) is 24.9. The van der Waals surface area contributed by atoms with Gasteiger partial charge in [0.2, 0.25) is 0 Å². The Morgan fingerprint density at radius 3 is 3.07 bits per heavy atom. The van der Waals surface area contributed by atoms with Crippen LogP contribution in [0.2, 0.25) is 0 Å². The third-order valence-electron chi connectivity index (χ3n) is 2.40. The van der Waals surface area contributed by atoms with Gasteiger partial charge in [-0.1, -0.05) is 0 Å². The monoisotopic (exact) mass is 197 g/mol. The molecule has 2 atom stereocenters. The lowest BCUT2D eigenvalue weighted by Gasteiger charge is -2.27. The Bertz CT molecular complexity index is 294. The molecule has 1 saturated heterocycles. The summed E-state index contributed by atoms with van der Waals surface area (Å²) in [4.78, 5) is 4.19. The summed E-state index contributed by atoms with van der Waals surface area (Å²) in [7, 11) is 1.92. The maximum absolute atomic E-state index is 6.03. The van der Waals surface area contributed by atoms with Crippen molar-refractivity contribution in [3.05, 3.63) is 18.2 Å². The molecule has 78 valence electrons. The van der Waals surface area contributed by atoms with E-state index in [1.807, 2.05) is 17.8 Å². The predicted octanol–water partition coefficient (Wildman–Crippen LogP) is -0.165. The highest BCUT2D eigenvalue weighted by Gasteiger charge is 2.25. The molecule has 14 heavy (non-hydrogen) atoms. The van der Waals surface area contributed by atoms with Crippen LogP contribution in [0, 0.1) is 0 Å². The molecule has 5 nitrogen and oxygen atoms in total. The molecule has 1 aromatic heterocycles. The molecule has 0 amide bonds. The molecule has 0 saturated carbocycles. The summed E-state index contributed by atoms with van der Waals surface area (Å²) in [5.41, 5.74) is 6.03. The van der Waals surface area contributed by atoms with Crippen molar-refractivity contribution in [2.24, 2.45) is 12.8 Å². The summed E-state index contributed by atoms with van der Waals surface area (Å²) in [6.07, 6.45) is 3.53. The van der Waals surface area contributed by atoms with Crippen molar-refractivity contribution in [2.45, 2.75) is 12.1 Å². The van der Waals surface area contributed by atoms with Crippen LogP contribution >= 0.6 is 0 Å². The van der Waals surface area contributed by atoms with Gasteiger partial charge in [-0.2, -0.15) is 0 Å². The third-order valence-corrected chi connectivity index (χ3v) is 2.40. The summed E-state index contributed by atoms with van der Waals surface area (Å²) in [6, 6.07) is -0.213. The highest BCUT2D eigenvalue weighted by atomic mass is 16.6. The van der Waals surface area contributed by atoms with Gasteiger partial charge in [0.25, 0.3) is 0 Å². The minimum atomic E-state index is -0.213. The first-order valence-electron chi connectivity index (χ1n) is 4.71. The Morgan fingerprint density at radius 2 is 2.50 bits per heavy atom. The van der Waals surface area contributed by atoms with E-state index in [1.54, 1.807) is 6.20 Å². The predicted molar refractivity (Wildman–Crippen MR) is 50.7 cm³/mol. The molecule has 0 aromatic carbocycles. The largest absolute Gasteiger partial charge is 0.376 e. The van der Waals surface area contributed by atoms with E-state index in [9.17, 15) is 0 Å². The molecule has 0 spiro atoms. The molecule has 2 heterocycles. The summed E-state index contributed by atoms with van der Waals surface area (Å²) < 4.78 is 12.7. The van der Waals surface area contributed by atoms with Crippen LogP contribution in [0.25, 0.3) is 0 Å². The Balaban J connectivity index is 2.07. The average Bonchev–Trinajstić information content (AvgIpc) is 2.65. The second-order valence-electron chi connectivity index (χ2n) is 3.41. The Kier molecular flexibility index (Phi) is 2.81. The van der Waals surface area contributed by atoms with Crippen LogP contribution < -0.4 is 5.73 Å². The smallest absolute Gasteiger partial charge is 0.128 e. The second-order valence-corrected chi connectivity index (χ2v) is 3.41. The van der Waals surface area contributed by atoms with Crippen LogP contribution in [0.5, 0.6) is 0 Å². The van der Waals surface area contributed by atoms with Gasteiger partial charge >= 0.3 is 0 Å². The summed E-state index contributed by atoms with van der Waals surface area (Å²) in [5, 5.41) is 0. The number of imidazole rings is 1. The lowest BCUT2D eigenvalue weighted by Crippen LogP contribution is -2.38. The number of nitrogens with two attached hydrogens (primary N) is 1. The van der Waals surface area contributed by atoms with E-state index in [0.717, 1.165) is 5.82 Å². The lowest BCUT2D eigenvalue weighted by molar-refractivity contribution is -0.0987. The summed E-state index contributed by atoms with van der Waals surface area (Å²) in [5.74, 6) is 0.834. The Hall–Kier alpha value is -0.910. The topological polar surface area (TPSA) is 62.3 Å². The van der Waals surface area contributed by atoms with Gasteiger partial charge in [0.05, 0.1) is 25.9 Å². The summed E-state index contributed by atoms with van der Waals surface area (Å²) >= 11 is 0. The van der Waals surface area contributed by atoms with Crippen molar-refractivity contribution in [1.82, 2.24) is 9.55 Å². The molecule has 2 unspecified atom stereocenters. The van der Waals surface area contributed by atoms with Crippen LogP contribution in [-0.4, -0.2) is 35.5 Å². The summed E-state index contributed by atoms with van der Waals surface area (Å²) in [6.45, 7) is 1.82. The van der Waals surface area contributed by atoms with Crippen molar-refractivity contribution >= 4 is 0 Å². The van der Waals surface area contributed by atoms with Crippen molar-refractivity contribution in [1.29, 1.82) is 0 Å². The molecule has 1 fully saturated rings. The number of aryl methyl sites for hydroxylation is 1. The van der Waals surface area contributed by atoms with E-state index in [1.165, 1.54) is 0 Å². The van der Waals surface area contributed by atoms with Gasteiger partial charge in [-0.25, -0.2) is 4.98 Å².